The molecule has 0 fully saturated rings. The Morgan fingerprint density at radius 2 is 2.00 bits per heavy atom. The van der Waals surface area contributed by atoms with Crippen LogP contribution in [0.5, 0.6) is 0 Å². The molecule has 1 N–H and O–H groups in total. The number of carbonyl (C=O) groups is 1. The molecule has 1 atom stereocenters. The second kappa shape index (κ2) is 6.60. The first-order valence-electron chi connectivity index (χ1n) is 9.43. The van der Waals surface area contributed by atoms with Crippen molar-refractivity contribution in [2.24, 2.45) is 0 Å². The molecule has 3 aromatic rings. The van der Waals surface area contributed by atoms with Gasteiger partial charge in [-0.15, -0.1) is 5.10 Å². The Morgan fingerprint density at radius 1 is 1.14 bits per heavy atom. The minimum absolute atomic E-state index is 0.181. The van der Waals surface area contributed by atoms with Gasteiger partial charge in [0.1, 0.15) is 6.04 Å². The fraction of sp³-hybridized carbons (Fsp3) is 0.227. The number of aryl methyl sites for hydroxylation is 1. The van der Waals surface area contributed by atoms with Gasteiger partial charge in [-0.1, -0.05) is 53.6 Å². The number of halogens is 1. The monoisotopic (exact) mass is 390 g/mol. The van der Waals surface area contributed by atoms with Crippen molar-refractivity contribution in [2.75, 3.05) is 5.32 Å². The van der Waals surface area contributed by atoms with E-state index in [1.807, 2.05) is 35.0 Å². The van der Waals surface area contributed by atoms with E-state index in [4.69, 9.17) is 21.7 Å². The number of nitrogens with zero attached hydrogens (tertiary/aromatic N) is 3. The lowest BCUT2D eigenvalue weighted by Crippen LogP contribution is -2.31. The highest BCUT2D eigenvalue weighted by Gasteiger charge is 2.37. The average molecular weight is 391 g/mol. The van der Waals surface area contributed by atoms with Crippen molar-refractivity contribution in [2.45, 2.75) is 32.2 Å². The first-order valence-corrected chi connectivity index (χ1v) is 9.81. The Hall–Kier alpha value is -2.92. The molecule has 0 radical (unpaired) electrons. The molecule has 1 aliphatic carbocycles. The Bertz CT molecular complexity index is 1130. The predicted molar refractivity (Wildman–Crippen MR) is 109 cm³/mol. The zero-order valence-electron chi connectivity index (χ0n) is 15.4. The third-order valence-electron chi connectivity index (χ3n) is 5.34. The van der Waals surface area contributed by atoms with Gasteiger partial charge in [0.2, 0.25) is 5.95 Å². The van der Waals surface area contributed by atoms with Crippen molar-refractivity contribution in [3.05, 3.63) is 76.0 Å². The van der Waals surface area contributed by atoms with Crippen LogP contribution in [0.15, 0.2) is 59.8 Å². The Kier molecular flexibility index (Phi) is 4.05. The second-order valence-electron chi connectivity index (χ2n) is 7.29. The van der Waals surface area contributed by atoms with Gasteiger partial charge in [-0.05, 0) is 37.5 Å². The Balaban J connectivity index is 1.71. The van der Waals surface area contributed by atoms with Gasteiger partial charge in [-0.2, -0.15) is 4.98 Å². The van der Waals surface area contributed by atoms with E-state index in [-0.39, 0.29) is 11.8 Å². The largest absolute Gasteiger partial charge is 0.328 e. The minimum atomic E-state index is -0.275. The Labute approximate surface area is 168 Å². The molecular weight excluding hydrogens is 372 g/mol. The van der Waals surface area contributed by atoms with Gasteiger partial charge in [0, 0.05) is 23.3 Å². The maximum atomic E-state index is 12.9. The molecular formula is C22H19ClN4O. The number of rotatable bonds is 2. The van der Waals surface area contributed by atoms with Crippen LogP contribution >= 0.6 is 11.6 Å². The van der Waals surface area contributed by atoms with Gasteiger partial charge in [0.05, 0.1) is 5.02 Å². The highest BCUT2D eigenvalue weighted by atomic mass is 35.5. The maximum Gasteiger partial charge on any atom is 0.226 e. The lowest BCUT2D eigenvalue weighted by molar-refractivity contribution is -0.116. The van der Waals surface area contributed by atoms with E-state index in [9.17, 15) is 4.79 Å². The van der Waals surface area contributed by atoms with Crippen LogP contribution in [-0.4, -0.2) is 20.5 Å². The van der Waals surface area contributed by atoms with Crippen LogP contribution in [0, 0.1) is 6.92 Å². The molecule has 2 aromatic carbocycles. The fourth-order valence-electron chi connectivity index (χ4n) is 4.06. The number of benzene rings is 2. The summed E-state index contributed by atoms with van der Waals surface area (Å²) in [5.74, 6) is 1.38. The summed E-state index contributed by atoms with van der Waals surface area (Å²) < 4.78 is 1.83. The van der Waals surface area contributed by atoms with Crippen LogP contribution in [0.1, 0.15) is 36.4 Å². The third-order valence-corrected chi connectivity index (χ3v) is 5.67. The highest BCUT2D eigenvalue weighted by molar-refractivity contribution is 6.33. The quantitative estimate of drug-likeness (QED) is 0.674. The molecule has 28 heavy (non-hydrogen) atoms. The number of Topliss-reactive ketones (excluding diaryl/α,β-unsaturated/α-hetero) is 1. The van der Waals surface area contributed by atoms with Crippen LogP contribution in [-0.2, 0) is 4.79 Å². The molecule has 0 amide bonds. The number of nitrogens with one attached hydrogen (secondary N) is 1. The number of hydrogen-bond acceptors (Lipinski definition) is 4. The average Bonchev–Trinajstić information content (AvgIpc) is 3.10. The minimum Gasteiger partial charge on any atom is -0.328 e. The summed E-state index contributed by atoms with van der Waals surface area (Å²) in [5.41, 5.74) is 4.74. The van der Waals surface area contributed by atoms with E-state index >= 15 is 0 Å². The predicted octanol–water partition coefficient (Wildman–Crippen LogP) is 4.93. The summed E-state index contributed by atoms with van der Waals surface area (Å²) in [7, 11) is 0. The van der Waals surface area contributed by atoms with E-state index in [0.29, 0.717) is 23.2 Å². The number of anilines is 1. The van der Waals surface area contributed by atoms with Crippen LogP contribution < -0.4 is 5.32 Å². The maximum absolute atomic E-state index is 12.9. The topological polar surface area (TPSA) is 59.8 Å². The van der Waals surface area contributed by atoms with Crippen LogP contribution in [0.4, 0.5) is 5.95 Å². The number of allylic oxidation sites excluding steroid dienone is 2. The molecule has 0 saturated carbocycles. The zero-order valence-corrected chi connectivity index (χ0v) is 16.2. The number of hydrogen-bond donors (Lipinski definition) is 1. The van der Waals surface area contributed by atoms with Crippen molar-refractivity contribution in [1.29, 1.82) is 0 Å². The smallest absolute Gasteiger partial charge is 0.226 e. The first-order chi connectivity index (χ1) is 13.6. The van der Waals surface area contributed by atoms with E-state index in [0.717, 1.165) is 40.8 Å². The van der Waals surface area contributed by atoms with Crippen LogP contribution in [0.3, 0.4) is 0 Å². The van der Waals surface area contributed by atoms with Crippen molar-refractivity contribution in [3.63, 3.8) is 0 Å². The van der Waals surface area contributed by atoms with Gasteiger partial charge < -0.3 is 5.32 Å². The number of carbonyl (C=O) groups excluding carboxylic acids is 1. The molecule has 6 heteroatoms. The lowest BCUT2D eigenvalue weighted by atomic mass is 9.85. The summed E-state index contributed by atoms with van der Waals surface area (Å²) >= 11 is 6.37. The standard InChI is InChI=1S/C22H19ClN4O/c1-13-6-4-7-14(12-13)20-19-17(10-5-11-18(19)28)24-22-25-21(26-27(20)22)15-8-2-3-9-16(15)23/h2-4,6-9,12,20H,5,10-11H2,1H3,(H,24,25,26). The fourth-order valence-corrected chi connectivity index (χ4v) is 4.28. The van der Waals surface area contributed by atoms with Gasteiger partial charge in [0.25, 0.3) is 0 Å². The number of ketones is 1. The lowest BCUT2D eigenvalue weighted by Gasteiger charge is -2.32. The zero-order chi connectivity index (χ0) is 19.3. The molecule has 0 bridgehead atoms. The number of aromatic nitrogens is 3. The van der Waals surface area contributed by atoms with Crippen LogP contribution in [0.25, 0.3) is 11.4 Å². The molecule has 2 aliphatic rings. The summed E-state index contributed by atoms with van der Waals surface area (Å²) in [4.78, 5) is 17.6. The summed E-state index contributed by atoms with van der Waals surface area (Å²) in [6, 6.07) is 15.5. The SMILES string of the molecule is Cc1cccc(C2C3=C(CCCC3=O)Nc3nc(-c4ccccc4Cl)nn32)c1. The molecule has 1 aliphatic heterocycles. The normalized spacial score (nSPS) is 18.5. The molecule has 0 spiro atoms. The van der Waals surface area contributed by atoms with Crippen LogP contribution in [0.2, 0.25) is 5.02 Å². The third kappa shape index (κ3) is 2.74. The van der Waals surface area contributed by atoms with Gasteiger partial charge >= 0.3 is 0 Å². The van der Waals surface area contributed by atoms with Gasteiger partial charge in [0.15, 0.2) is 11.6 Å². The summed E-state index contributed by atoms with van der Waals surface area (Å²) in [5, 5.41) is 8.73. The molecule has 1 aromatic heterocycles. The van der Waals surface area contributed by atoms with Crippen molar-refractivity contribution in [1.82, 2.24) is 14.8 Å². The molecule has 2 heterocycles. The Morgan fingerprint density at radius 3 is 2.82 bits per heavy atom. The van der Waals surface area contributed by atoms with Gasteiger partial charge in [-0.25, -0.2) is 4.68 Å². The van der Waals surface area contributed by atoms with Crippen molar-refractivity contribution < 1.29 is 4.79 Å². The summed E-state index contributed by atoms with van der Waals surface area (Å²) in [6.45, 7) is 2.06. The van der Waals surface area contributed by atoms with Gasteiger partial charge in [-0.3, -0.25) is 4.79 Å². The second-order valence-corrected chi connectivity index (χ2v) is 7.70. The first kappa shape index (κ1) is 17.2. The molecule has 5 rings (SSSR count). The van der Waals surface area contributed by atoms with Crippen molar-refractivity contribution >= 4 is 23.3 Å². The van der Waals surface area contributed by atoms with E-state index in [1.165, 1.54) is 0 Å². The molecule has 140 valence electrons. The molecule has 1 unspecified atom stereocenters. The highest BCUT2D eigenvalue weighted by Crippen LogP contribution is 2.41. The van der Waals surface area contributed by atoms with E-state index in [1.54, 1.807) is 0 Å². The number of fused-ring (bicyclic) bond motifs is 1. The molecule has 0 saturated heterocycles. The van der Waals surface area contributed by atoms with Crippen molar-refractivity contribution in [3.8, 4) is 11.4 Å². The molecule has 5 nitrogen and oxygen atoms in total. The van der Waals surface area contributed by atoms with E-state index in [2.05, 4.69) is 30.4 Å². The summed E-state index contributed by atoms with van der Waals surface area (Å²) in [6.07, 6.45) is 2.28. The van der Waals surface area contributed by atoms with E-state index < -0.39 is 0 Å².